The standard InChI is InChI=1S/C22H21BrN6OS/c1-15-7-9-18(10-8-15)29-21(28-11-2-3-12-28)26-27-22(29)31-14-19-24-25-20(30-19)16-5-4-6-17(23)13-16/h4-10,13H,2-3,11-12,14H2,1H3. The first-order chi connectivity index (χ1) is 15.2. The quantitative estimate of drug-likeness (QED) is 0.336. The molecule has 1 aliphatic rings. The van der Waals surface area contributed by atoms with Crippen LogP contribution in [0.1, 0.15) is 24.3 Å². The highest BCUT2D eigenvalue weighted by Crippen LogP contribution is 2.31. The van der Waals surface area contributed by atoms with E-state index in [9.17, 15) is 0 Å². The fourth-order valence-electron chi connectivity index (χ4n) is 3.57. The Kier molecular flexibility index (Phi) is 5.78. The molecule has 158 valence electrons. The first-order valence-electron chi connectivity index (χ1n) is 10.2. The monoisotopic (exact) mass is 496 g/mol. The highest BCUT2D eigenvalue weighted by Gasteiger charge is 2.23. The van der Waals surface area contributed by atoms with Crippen LogP contribution in [0.15, 0.2) is 62.6 Å². The summed E-state index contributed by atoms with van der Waals surface area (Å²) in [4.78, 5) is 2.30. The zero-order valence-electron chi connectivity index (χ0n) is 17.0. The lowest BCUT2D eigenvalue weighted by Crippen LogP contribution is -2.22. The number of rotatable bonds is 6. The second-order valence-corrected chi connectivity index (χ2v) is 9.31. The lowest BCUT2D eigenvalue weighted by Gasteiger charge is -2.18. The van der Waals surface area contributed by atoms with Crippen LogP contribution >= 0.6 is 27.7 Å². The smallest absolute Gasteiger partial charge is 0.247 e. The summed E-state index contributed by atoms with van der Waals surface area (Å²) in [7, 11) is 0. The summed E-state index contributed by atoms with van der Waals surface area (Å²) < 4.78 is 8.98. The van der Waals surface area contributed by atoms with E-state index in [0.29, 0.717) is 17.5 Å². The Hall–Kier alpha value is -2.65. The van der Waals surface area contributed by atoms with Crippen molar-refractivity contribution in [1.29, 1.82) is 0 Å². The van der Waals surface area contributed by atoms with E-state index in [1.54, 1.807) is 11.8 Å². The van der Waals surface area contributed by atoms with Gasteiger partial charge in [0.25, 0.3) is 0 Å². The Morgan fingerprint density at radius 2 is 1.81 bits per heavy atom. The molecule has 9 heteroatoms. The summed E-state index contributed by atoms with van der Waals surface area (Å²) in [5, 5.41) is 18.2. The Morgan fingerprint density at radius 3 is 2.58 bits per heavy atom. The Bertz CT molecular complexity index is 1180. The summed E-state index contributed by atoms with van der Waals surface area (Å²) in [6.45, 7) is 4.11. The molecule has 1 aliphatic heterocycles. The fraction of sp³-hybridized carbons (Fsp3) is 0.273. The van der Waals surface area contributed by atoms with E-state index in [-0.39, 0.29) is 0 Å². The summed E-state index contributed by atoms with van der Waals surface area (Å²) >= 11 is 5.02. The molecule has 0 unspecified atom stereocenters. The zero-order valence-corrected chi connectivity index (χ0v) is 19.4. The molecule has 0 amide bonds. The van der Waals surface area contributed by atoms with Crippen molar-refractivity contribution in [1.82, 2.24) is 25.0 Å². The Labute approximate surface area is 193 Å². The topological polar surface area (TPSA) is 72.9 Å². The molecule has 5 rings (SSSR count). The van der Waals surface area contributed by atoms with Gasteiger partial charge in [0.15, 0.2) is 5.16 Å². The molecule has 0 saturated carbocycles. The van der Waals surface area contributed by atoms with Crippen molar-refractivity contribution in [2.45, 2.75) is 30.7 Å². The van der Waals surface area contributed by atoms with Crippen LogP contribution in [0.5, 0.6) is 0 Å². The maximum absolute atomic E-state index is 5.88. The molecule has 4 aromatic rings. The third-order valence-electron chi connectivity index (χ3n) is 5.16. The third-order valence-corrected chi connectivity index (χ3v) is 6.57. The van der Waals surface area contributed by atoms with Gasteiger partial charge in [0.05, 0.1) is 11.4 Å². The number of benzene rings is 2. The number of hydrogen-bond acceptors (Lipinski definition) is 7. The lowest BCUT2D eigenvalue weighted by molar-refractivity contribution is 0.528. The number of hydrogen-bond donors (Lipinski definition) is 0. The molecule has 3 heterocycles. The number of halogens is 1. The van der Waals surface area contributed by atoms with E-state index in [4.69, 9.17) is 4.42 Å². The molecular formula is C22H21BrN6OS. The molecule has 2 aromatic carbocycles. The van der Waals surface area contributed by atoms with Crippen LogP contribution < -0.4 is 4.90 Å². The summed E-state index contributed by atoms with van der Waals surface area (Å²) in [6.07, 6.45) is 2.37. The Morgan fingerprint density at radius 1 is 1.00 bits per heavy atom. The Balaban J connectivity index is 1.40. The third kappa shape index (κ3) is 4.38. The van der Waals surface area contributed by atoms with Crippen molar-refractivity contribution in [3.05, 3.63) is 64.5 Å². The number of anilines is 1. The molecule has 0 spiro atoms. The van der Waals surface area contributed by atoms with Gasteiger partial charge in [0.2, 0.25) is 17.7 Å². The van der Waals surface area contributed by atoms with Crippen LogP contribution in [-0.4, -0.2) is 38.1 Å². The lowest BCUT2D eigenvalue weighted by atomic mass is 10.2. The second-order valence-electron chi connectivity index (χ2n) is 7.45. The summed E-state index contributed by atoms with van der Waals surface area (Å²) in [5.74, 6) is 2.48. The van der Waals surface area contributed by atoms with Crippen molar-refractivity contribution in [2.24, 2.45) is 0 Å². The largest absolute Gasteiger partial charge is 0.420 e. The van der Waals surface area contributed by atoms with Crippen LogP contribution in [0.2, 0.25) is 0 Å². The molecule has 31 heavy (non-hydrogen) atoms. The molecule has 0 atom stereocenters. The van der Waals surface area contributed by atoms with Crippen LogP contribution in [0, 0.1) is 6.92 Å². The first-order valence-corrected chi connectivity index (χ1v) is 11.9. The van der Waals surface area contributed by atoms with Gasteiger partial charge in [-0.3, -0.25) is 4.57 Å². The van der Waals surface area contributed by atoms with E-state index in [1.165, 1.54) is 18.4 Å². The predicted octanol–water partition coefficient (Wildman–Crippen LogP) is 5.28. The van der Waals surface area contributed by atoms with Crippen LogP contribution in [0.25, 0.3) is 17.1 Å². The average molecular weight is 497 g/mol. The van der Waals surface area contributed by atoms with E-state index in [2.05, 4.69) is 77.0 Å². The maximum Gasteiger partial charge on any atom is 0.247 e. The van der Waals surface area contributed by atoms with Gasteiger partial charge >= 0.3 is 0 Å². The van der Waals surface area contributed by atoms with Crippen molar-refractivity contribution in [3.63, 3.8) is 0 Å². The van der Waals surface area contributed by atoms with Gasteiger partial charge in [-0.15, -0.1) is 20.4 Å². The number of aryl methyl sites for hydroxylation is 1. The van der Waals surface area contributed by atoms with Gasteiger partial charge in [-0.2, -0.15) is 0 Å². The molecule has 1 saturated heterocycles. The van der Waals surface area contributed by atoms with Gasteiger partial charge in [-0.25, -0.2) is 0 Å². The van der Waals surface area contributed by atoms with Gasteiger partial charge < -0.3 is 9.32 Å². The summed E-state index contributed by atoms with van der Waals surface area (Å²) in [6, 6.07) is 16.3. The van der Waals surface area contributed by atoms with Crippen LogP contribution in [0.4, 0.5) is 5.95 Å². The van der Waals surface area contributed by atoms with Crippen molar-refractivity contribution >= 4 is 33.6 Å². The molecule has 2 aromatic heterocycles. The molecule has 0 radical (unpaired) electrons. The minimum absolute atomic E-state index is 0.509. The normalized spacial score (nSPS) is 13.8. The van der Waals surface area contributed by atoms with Gasteiger partial charge in [-0.1, -0.05) is 51.5 Å². The fourth-order valence-corrected chi connectivity index (χ4v) is 4.76. The molecule has 0 N–H and O–H groups in total. The average Bonchev–Trinajstić information content (AvgIpc) is 3.53. The van der Waals surface area contributed by atoms with E-state index in [1.807, 2.05) is 24.3 Å². The van der Waals surface area contributed by atoms with E-state index < -0.39 is 0 Å². The van der Waals surface area contributed by atoms with Crippen LogP contribution in [-0.2, 0) is 5.75 Å². The first kappa shape index (κ1) is 20.3. The van der Waals surface area contributed by atoms with E-state index in [0.717, 1.165) is 39.9 Å². The molecule has 7 nitrogen and oxygen atoms in total. The molecular weight excluding hydrogens is 476 g/mol. The maximum atomic E-state index is 5.88. The predicted molar refractivity (Wildman–Crippen MR) is 125 cm³/mol. The molecule has 0 bridgehead atoms. The second kappa shape index (κ2) is 8.84. The molecule has 0 aliphatic carbocycles. The van der Waals surface area contributed by atoms with Crippen molar-refractivity contribution < 1.29 is 4.42 Å². The highest BCUT2D eigenvalue weighted by atomic mass is 79.9. The number of aromatic nitrogens is 5. The number of nitrogens with zero attached hydrogens (tertiary/aromatic N) is 6. The summed E-state index contributed by atoms with van der Waals surface area (Å²) in [5.41, 5.74) is 3.16. The van der Waals surface area contributed by atoms with Gasteiger partial charge in [-0.05, 0) is 50.1 Å². The van der Waals surface area contributed by atoms with Crippen LogP contribution in [0.3, 0.4) is 0 Å². The minimum atomic E-state index is 0.509. The minimum Gasteiger partial charge on any atom is -0.420 e. The van der Waals surface area contributed by atoms with Gasteiger partial charge in [0.1, 0.15) is 0 Å². The SMILES string of the molecule is Cc1ccc(-n2c(SCc3nnc(-c4cccc(Br)c4)o3)nnc2N2CCCC2)cc1. The van der Waals surface area contributed by atoms with Crippen molar-refractivity contribution in [2.75, 3.05) is 18.0 Å². The number of thioether (sulfide) groups is 1. The van der Waals surface area contributed by atoms with Gasteiger partial charge in [0, 0.05) is 23.1 Å². The highest BCUT2D eigenvalue weighted by molar-refractivity contribution is 9.10. The van der Waals surface area contributed by atoms with Crippen molar-refractivity contribution in [3.8, 4) is 17.1 Å². The molecule has 1 fully saturated rings. The zero-order chi connectivity index (χ0) is 21.2. The van der Waals surface area contributed by atoms with E-state index >= 15 is 0 Å².